The highest BCUT2D eigenvalue weighted by Crippen LogP contribution is 2.36. The summed E-state index contributed by atoms with van der Waals surface area (Å²) in [5.74, 6) is 2.43. The van der Waals surface area contributed by atoms with E-state index >= 15 is 0 Å². The molecule has 34 heavy (non-hydrogen) atoms. The highest BCUT2D eigenvalue weighted by molar-refractivity contribution is 7.99. The lowest BCUT2D eigenvalue weighted by atomic mass is 9.92. The standard InChI is InChI=1S/C26H30Cl2N4OS/c1-16(2)20-7-5-6-8-23(20)32-25(21-10-9-19(27)12-22(21)28)29-30-26(32)34-15-24(33)31-13-17(3)11-18(4)14-31/h5-10,12,16-18H,11,13-15H2,1-4H3. The highest BCUT2D eigenvalue weighted by atomic mass is 35.5. The number of piperidine rings is 1. The Morgan fingerprint density at radius 2 is 1.79 bits per heavy atom. The van der Waals surface area contributed by atoms with E-state index in [2.05, 4.69) is 50.0 Å². The Morgan fingerprint density at radius 3 is 2.47 bits per heavy atom. The number of likely N-dealkylation sites (tertiary alicyclic amines) is 1. The van der Waals surface area contributed by atoms with Gasteiger partial charge in [-0.1, -0.05) is 80.9 Å². The number of nitrogens with zero attached hydrogens (tertiary/aromatic N) is 4. The number of hydrogen-bond acceptors (Lipinski definition) is 4. The number of aromatic nitrogens is 3. The van der Waals surface area contributed by atoms with Crippen molar-refractivity contribution in [2.45, 2.75) is 45.2 Å². The van der Waals surface area contributed by atoms with E-state index in [0.29, 0.717) is 44.5 Å². The zero-order chi connectivity index (χ0) is 24.4. The van der Waals surface area contributed by atoms with E-state index in [-0.39, 0.29) is 5.91 Å². The van der Waals surface area contributed by atoms with Crippen LogP contribution in [-0.2, 0) is 4.79 Å². The number of rotatable bonds is 6. The molecule has 0 N–H and O–H groups in total. The summed E-state index contributed by atoms with van der Waals surface area (Å²) in [5, 5.41) is 10.7. The molecule has 2 aromatic carbocycles. The zero-order valence-corrected chi connectivity index (χ0v) is 22.3. The average Bonchev–Trinajstić information content (AvgIpc) is 3.20. The molecule has 0 saturated carbocycles. The van der Waals surface area contributed by atoms with Crippen LogP contribution < -0.4 is 0 Å². The van der Waals surface area contributed by atoms with E-state index in [1.807, 2.05) is 27.7 Å². The van der Waals surface area contributed by atoms with Gasteiger partial charge in [0, 0.05) is 23.7 Å². The first-order chi connectivity index (χ1) is 16.2. The fourth-order valence-corrected chi connectivity index (χ4v) is 6.03. The van der Waals surface area contributed by atoms with Crippen molar-refractivity contribution < 1.29 is 4.79 Å². The van der Waals surface area contributed by atoms with Crippen molar-refractivity contribution in [3.05, 3.63) is 58.1 Å². The second-order valence-electron chi connectivity index (χ2n) is 9.51. The van der Waals surface area contributed by atoms with Crippen LogP contribution in [0, 0.1) is 11.8 Å². The molecule has 180 valence electrons. The SMILES string of the molecule is CC1CC(C)CN(C(=O)CSc2nnc(-c3ccc(Cl)cc3Cl)n2-c2ccccc2C(C)C)C1. The second-order valence-corrected chi connectivity index (χ2v) is 11.3. The lowest BCUT2D eigenvalue weighted by Crippen LogP contribution is -2.43. The molecule has 5 nitrogen and oxygen atoms in total. The predicted molar refractivity (Wildman–Crippen MR) is 141 cm³/mol. The van der Waals surface area contributed by atoms with Gasteiger partial charge < -0.3 is 4.90 Å². The Morgan fingerprint density at radius 1 is 1.09 bits per heavy atom. The van der Waals surface area contributed by atoms with Gasteiger partial charge in [-0.3, -0.25) is 9.36 Å². The Kier molecular flexibility index (Phi) is 7.90. The van der Waals surface area contributed by atoms with E-state index in [9.17, 15) is 4.79 Å². The molecule has 0 radical (unpaired) electrons. The molecule has 0 bridgehead atoms. The number of thioether (sulfide) groups is 1. The van der Waals surface area contributed by atoms with Crippen LogP contribution in [0.4, 0.5) is 0 Å². The van der Waals surface area contributed by atoms with E-state index in [4.69, 9.17) is 23.2 Å². The third kappa shape index (κ3) is 5.45. The fraction of sp³-hybridized carbons (Fsp3) is 0.423. The minimum Gasteiger partial charge on any atom is -0.341 e. The van der Waals surface area contributed by atoms with E-state index < -0.39 is 0 Å². The zero-order valence-electron chi connectivity index (χ0n) is 20.0. The lowest BCUT2D eigenvalue weighted by molar-refractivity contribution is -0.130. The minimum absolute atomic E-state index is 0.140. The van der Waals surface area contributed by atoms with Crippen LogP contribution in [0.3, 0.4) is 0 Å². The molecule has 2 unspecified atom stereocenters. The number of hydrogen-bond donors (Lipinski definition) is 0. The summed E-state index contributed by atoms with van der Waals surface area (Å²) in [6, 6.07) is 13.6. The predicted octanol–water partition coefficient (Wildman–Crippen LogP) is 6.96. The van der Waals surface area contributed by atoms with Crippen LogP contribution in [0.2, 0.25) is 10.0 Å². The van der Waals surface area contributed by atoms with Crippen LogP contribution in [0.1, 0.15) is 45.6 Å². The van der Waals surface area contributed by atoms with Gasteiger partial charge in [-0.2, -0.15) is 0 Å². The van der Waals surface area contributed by atoms with Crippen molar-refractivity contribution >= 4 is 40.9 Å². The van der Waals surface area contributed by atoms with Gasteiger partial charge >= 0.3 is 0 Å². The Hall–Kier alpha value is -2.02. The number of carbonyl (C=O) groups is 1. The van der Waals surface area contributed by atoms with Crippen LogP contribution in [-0.4, -0.2) is 44.4 Å². The van der Waals surface area contributed by atoms with Crippen LogP contribution in [0.25, 0.3) is 17.1 Å². The Balaban J connectivity index is 1.71. The highest BCUT2D eigenvalue weighted by Gasteiger charge is 2.27. The number of carbonyl (C=O) groups excluding carboxylic acids is 1. The molecule has 1 amide bonds. The maximum Gasteiger partial charge on any atom is 0.233 e. The number of benzene rings is 2. The molecule has 8 heteroatoms. The van der Waals surface area contributed by atoms with Gasteiger partial charge in [0.1, 0.15) is 0 Å². The summed E-state index contributed by atoms with van der Waals surface area (Å²) >= 11 is 14.1. The Labute approximate surface area is 215 Å². The molecule has 3 aromatic rings. The van der Waals surface area contributed by atoms with Gasteiger partial charge in [0.15, 0.2) is 11.0 Å². The average molecular weight is 518 g/mol. The van der Waals surface area contributed by atoms with Gasteiger partial charge in [-0.15, -0.1) is 10.2 Å². The van der Waals surface area contributed by atoms with Gasteiger partial charge in [0.25, 0.3) is 0 Å². The molecule has 2 atom stereocenters. The second kappa shape index (κ2) is 10.7. The fourth-order valence-electron chi connectivity index (χ4n) is 4.69. The molecule has 4 rings (SSSR count). The van der Waals surface area contributed by atoms with Crippen LogP contribution >= 0.6 is 35.0 Å². The topological polar surface area (TPSA) is 51.0 Å². The number of para-hydroxylation sites is 1. The summed E-state index contributed by atoms with van der Waals surface area (Å²) in [4.78, 5) is 15.1. The van der Waals surface area contributed by atoms with Gasteiger partial charge in [0.05, 0.1) is 16.5 Å². The van der Waals surface area contributed by atoms with E-state index in [1.54, 1.807) is 12.1 Å². The van der Waals surface area contributed by atoms with Crippen molar-refractivity contribution in [2.24, 2.45) is 11.8 Å². The van der Waals surface area contributed by atoms with Gasteiger partial charge in [0.2, 0.25) is 5.91 Å². The summed E-state index contributed by atoms with van der Waals surface area (Å²) < 4.78 is 2.02. The van der Waals surface area contributed by atoms with Gasteiger partial charge in [-0.05, 0) is 54.0 Å². The van der Waals surface area contributed by atoms with Crippen molar-refractivity contribution in [3.8, 4) is 17.1 Å². The third-order valence-electron chi connectivity index (χ3n) is 6.15. The normalized spacial score (nSPS) is 18.5. The molecule has 1 aromatic heterocycles. The summed E-state index contributed by atoms with van der Waals surface area (Å²) in [6.07, 6.45) is 1.17. The monoisotopic (exact) mass is 516 g/mol. The summed E-state index contributed by atoms with van der Waals surface area (Å²) in [7, 11) is 0. The maximum absolute atomic E-state index is 13.1. The molecule has 2 heterocycles. The number of amides is 1. The van der Waals surface area contributed by atoms with E-state index in [1.165, 1.54) is 23.7 Å². The largest absolute Gasteiger partial charge is 0.341 e. The smallest absolute Gasteiger partial charge is 0.233 e. The van der Waals surface area contributed by atoms with Crippen molar-refractivity contribution in [2.75, 3.05) is 18.8 Å². The quantitative estimate of drug-likeness (QED) is 0.332. The van der Waals surface area contributed by atoms with E-state index in [0.717, 1.165) is 24.3 Å². The molecular weight excluding hydrogens is 487 g/mol. The molecule has 0 spiro atoms. The van der Waals surface area contributed by atoms with Gasteiger partial charge in [-0.25, -0.2) is 0 Å². The van der Waals surface area contributed by atoms with Crippen molar-refractivity contribution in [1.82, 2.24) is 19.7 Å². The minimum atomic E-state index is 0.140. The summed E-state index contributed by atoms with van der Waals surface area (Å²) in [6.45, 7) is 10.4. The first-order valence-corrected chi connectivity index (χ1v) is 13.4. The number of halogens is 2. The first-order valence-electron chi connectivity index (χ1n) is 11.6. The van der Waals surface area contributed by atoms with Crippen molar-refractivity contribution in [1.29, 1.82) is 0 Å². The molecular formula is C26H30Cl2N4OS. The molecule has 1 saturated heterocycles. The van der Waals surface area contributed by atoms with Crippen LogP contribution in [0.5, 0.6) is 0 Å². The lowest BCUT2D eigenvalue weighted by Gasteiger charge is -2.35. The molecule has 0 aliphatic carbocycles. The molecule has 1 aliphatic heterocycles. The van der Waals surface area contributed by atoms with Crippen molar-refractivity contribution in [3.63, 3.8) is 0 Å². The third-order valence-corrected chi connectivity index (χ3v) is 7.61. The van der Waals surface area contributed by atoms with Crippen LogP contribution in [0.15, 0.2) is 47.6 Å². The molecule has 1 fully saturated rings. The maximum atomic E-state index is 13.1. The molecule has 1 aliphatic rings. The first kappa shape index (κ1) is 25.1. The Bertz CT molecular complexity index is 1170. The summed E-state index contributed by atoms with van der Waals surface area (Å²) in [5.41, 5.74) is 2.90.